The van der Waals surface area contributed by atoms with Crippen LogP contribution in [0.25, 0.3) is 0 Å². The molecule has 3 atom stereocenters. The van der Waals surface area contributed by atoms with Gasteiger partial charge in [0.2, 0.25) is 11.8 Å². The molecule has 4 N–H and O–H groups in total. The standard InChI is InChI=1S/C24H37N3O5/c1-16(2)12-20(22(30)26-19(15-28)13-18-10-11-25-21(18)29)27-23(31)32-24(3,4)14-17-8-6-5-7-9-17/h5-9,16,18-20,28H,10-15H2,1-4H3,(H,25,29)(H,26,30)(H,27,31)/t18-,19-,20-/m0/s1. The predicted molar refractivity (Wildman–Crippen MR) is 122 cm³/mol. The van der Waals surface area contributed by atoms with Gasteiger partial charge in [-0.15, -0.1) is 0 Å². The minimum atomic E-state index is -0.804. The van der Waals surface area contributed by atoms with E-state index < -0.39 is 29.7 Å². The van der Waals surface area contributed by atoms with Gasteiger partial charge in [0, 0.05) is 18.9 Å². The van der Waals surface area contributed by atoms with Crippen LogP contribution >= 0.6 is 0 Å². The van der Waals surface area contributed by atoms with Gasteiger partial charge in [0.1, 0.15) is 11.6 Å². The second-order valence-electron chi connectivity index (χ2n) is 9.54. The monoisotopic (exact) mass is 447 g/mol. The number of alkyl carbamates (subject to hydrolysis) is 1. The van der Waals surface area contributed by atoms with Crippen molar-refractivity contribution in [3.63, 3.8) is 0 Å². The highest BCUT2D eigenvalue weighted by molar-refractivity contribution is 5.86. The predicted octanol–water partition coefficient (Wildman–Crippen LogP) is 2.15. The Balaban J connectivity index is 1.95. The molecule has 1 aliphatic heterocycles. The van der Waals surface area contributed by atoms with Crippen molar-refractivity contribution in [3.8, 4) is 0 Å². The summed E-state index contributed by atoms with van der Waals surface area (Å²) in [6.45, 7) is 7.89. The molecule has 0 aromatic heterocycles. The molecule has 1 saturated heterocycles. The number of carbonyl (C=O) groups is 3. The molecule has 1 aromatic carbocycles. The van der Waals surface area contributed by atoms with Crippen molar-refractivity contribution >= 4 is 17.9 Å². The van der Waals surface area contributed by atoms with Gasteiger partial charge in [0.15, 0.2) is 0 Å². The number of hydrogen-bond donors (Lipinski definition) is 4. The summed E-state index contributed by atoms with van der Waals surface area (Å²) >= 11 is 0. The highest BCUT2D eigenvalue weighted by Gasteiger charge is 2.31. The summed E-state index contributed by atoms with van der Waals surface area (Å²) in [5.41, 5.74) is 0.289. The number of nitrogens with one attached hydrogen (secondary N) is 3. The summed E-state index contributed by atoms with van der Waals surface area (Å²) < 4.78 is 5.62. The maximum Gasteiger partial charge on any atom is 0.408 e. The van der Waals surface area contributed by atoms with Crippen LogP contribution in [0.15, 0.2) is 30.3 Å². The normalized spacial score (nSPS) is 18.1. The molecular formula is C24H37N3O5. The number of rotatable bonds is 11. The van der Waals surface area contributed by atoms with Gasteiger partial charge in [-0.05, 0) is 44.6 Å². The van der Waals surface area contributed by atoms with Crippen molar-refractivity contribution in [1.29, 1.82) is 0 Å². The van der Waals surface area contributed by atoms with Crippen LogP contribution < -0.4 is 16.0 Å². The van der Waals surface area contributed by atoms with Crippen LogP contribution in [0.3, 0.4) is 0 Å². The van der Waals surface area contributed by atoms with Crippen molar-refractivity contribution in [2.24, 2.45) is 11.8 Å². The van der Waals surface area contributed by atoms with E-state index in [1.807, 2.05) is 58.0 Å². The van der Waals surface area contributed by atoms with E-state index in [4.69, 9.17) is 4.74 Å². The molecule has 1 heterocycles. The van der Waals surface area contributed by atoms with Crippen LogP contribution in [0.5, 0.6) is 0 Å². The Morgan fingerprint density at radius 1 is 1.22 bits per heavy atom. The Morgan fingerprint density at radius 3 is 2.47 bits per heavy atom. The largest absolute Gasteiger partial charge is 0.443 e. The number of aliphatic hydroxyl groups is 1. The van der Waals surface area contributed by atoms with Crippen LogP contribution in [0.1, 0.15) is 52.5 Å². The number of aliphatic hydroxyl groups excluding tert-OH is 1. The number of amides is 3. The molecule has 1 aromatic rings. The topological polar surface area (TPSA) is 117 Å². The fourth-order valence-electron chi connectivity index (χ4n) is 3.94. The second-order valence-corrected chi connectivity index (χ2v) is 9.54. The van der Waals surface area contributed by atoms with Crippen LogP contribution in [-0.2, 0) is 20.7 Å². The van der Waals surface area contributed by atoms with Crippen molar-refractivity contribution in [2.45, 2.75) is 71.1 Å². The van der Waals surface area contributed by atoms with Crippen molar-refractivity contribution in [2.75, 3.05) is 13.2 Å². The molecular weight excluding hydrogens is 410 g/mol. The van der Waals surface area contributed by atoms with Gasteiger partial charge in [-0.25, -0.2) is 4.79 Å². The lowest BCUT2D eigenvalue weighted by Crippen LogP contribution is -2.52. The lowest BCUT2D eigenvalue weighted by molar-refractivity contribution is -0.126. The van der Waals surface area contributed by atoms with Crippen LogP contribution in [0.2, 0.25) is 0 Å². The van der Waals surface area contributed by atoms with Crippen LogP contribution in [0.4, 0.5) is 4.79 Å². The summed E-state index contributed by atoms with van der Waals surface area (Å²) in [5.74, 6) is -0.531. The zero-order chi connectivity index (χ0) is 23.7. The molecule has 178 valence electrons. The lowest BCUT2D eigenvalue weighted by Gasteiger charge is -2.28. The van der Waals surface area contributed by atoms with Gasteiger partial charge < -0.3 is 25.8 Å². The Kier molecular flexibility index (Phi) is 9.50. The molecule has 0 bridgehead atoms. The zero-order valence-corrected chi connectivity index (χ0v) is 19.5. The first kappa shape index (κ1) is 25.6. The fraction of sp³-hybridized carbons (Fsp3) is 0.625. The Bertz CT molecular complexity index is 766. The maximum absolute atomic E-state index is 12.9. The van der Waals surface area contributed by atoms with E-state index in [1.54, 1.807) is 0 Å². The lowest BCUT2D eigenvalue weighted by atomic mass is 9.97. The van der Waals surface area contributed by atoms with Crippen molar-refractivity contribution in [3.05, 3.63) is 35.9 Å². The second kappa shape index (κ2) is 11.9. The molecule has 32 heavy (non-hydrogen) atoms. The third-order valence-corrected chi connectivity index (χ3v) is 5.46. The molecule has 0 spiro atoms. The van der Waals surface area contributed by atoms with E-state index in [9.17, 15) is 19.5 Å². The third kappa shape index (κ3) is 8.49. The summed E-state index contributed by atoms with van der Waals surface area (Å²) in [5, 5.41) is 17.9. The SMILES string of the molecule is CC(C)C[C@H](NC(=O)OC(C)(C)Cc1ccccc1)C(=O)N[C@H](CO)C[C@@H]1CCNC1=O. The van der Waals surface area contributed by atoms with Gasteiger partial charge in [-0.1, -0.05) is 44.2 Å². The average molecular weight is 448 g/mol. The summed E-state index contributed by atoms with van der Waals surface area (Å²) in [6, 6.07) is 8.37. The minimum absolute atomic E-state index is 0.0567. The van der Waals surface area contributed by atoms with Gasteiger partial charge in [-0.2, -0.15) is 0 Å². The van der Waals surface area contributed by atoms with E-state index in [0.717, 1.165) is 5.56 Å². The first-order valence-corrected chi connectivity index (χ1v) is 11.3. The van der Waals surface area contributed by atoms with Crippen LogP contribution in [-0.4, -0.2) is 53.9 Å². The molecule has 1 aliphatic rings. The average Bonchev–Trinajstić information content (AvgIpc) is 3.10. The van der Waals surface area contributed by atoms with Gasteiger partial charge >= 0.3 is 6.09 Å². The zero-order valence-electron chi connectivity index (χ0n) is 19.5. The minimum Gasteiger partial charge on any atom is -0.443 e. The van der Waals surface area contributed by atoms with Crippen molar-refractivity contribution < 1.29 is 24.2 Å². The van der Waals surface area contributed by atoms with E-state index in [2.05, 4.69) is 16.0 Å². The summed E-state index contributed by atoms with van der Waals surface area (Å²) in [6.07, 6.45) is 1.33. The Hall–Kier alpha value is -2.61. The molecule has 3 amide bonds. The van der Waals surface area contributed by atoms with Gasteiger partial charge in [-0.3, -0.25) is 9.59 Å². The number of ether oxygens (including phenoxy) is 1. The summed E-state index contributed by atoms with van der Waals surface area (Å²) in [4.78, 5) is 37.3. The molecule has 0 radical (unpaired) electrons. The highest BCUT2D eigenvalue weighted by atomic mass is 16.6. The third-order valence-electron chi connectivity index (χ3n) is 5.46. The van der Waals surface area contributed by atoms with Gasteiger partial charge in [0.25, 0.3) is 0 Å². The summed E-state index contributed by atoms with van der Waals surface area (Å²) in [7, 11) is 0. The smallest absolute Gasteiger partial charge is 0.408 e. The van der Waals surface area contributed by atoms with E-state index >= 15 is 0 Å². The molecule has 0 unspecified atom stereocenters. The molecule has 8 nitrogen and oxygen atoms in total. The van der Waals surface area contributed by atoms with E-state index in [0.29, 0.717) is 32.2 Å². The molecule has 0 saturated carbocycles. The number of benzene rings is 1. The fourth-order valence-corrected chi connectivity index (χ4v) is 3.94. The molecule has 2 rings (SSSR count). The quantitative estimate of drug-likeness (QED) is 0.415. The molecule has 8 heteroatoms. The first-order valence-electron chi connectivity index (χ1n) is 11.3. The van der Waals surface area contributed by atoms with Gasteiger partial charge in [0.05, 0.1) is 12.6 Å². The maximum atomic E-state index is 12.9. The van der Waals surface area contributed by atoms with Crippen LogP contribution in [0, 0.1) is 11.8 Å². The van der Waals surface area contributed by atoms with Crippen molar-refractivity contribution in [1.82, 2.24) is 16.0 Å². The van der Waals surface area contributed by atoms with E-state index in [-0.39, 0.29) is 24.3 Å². The first-order chi connectivity index (χ1) is 15.1. The number of carbonyl (C=O) groups excluding carboxylic acids is 3. The Labute approximate surface area is 190 Å². The number of hydrogen-bond acceptors (Lipinski definition) is 5. The molecule has 1 fully saturated rings. The molecule has 0 aliphatic carbocycles. The Morgan fingerprint density at radius 2 is 1.91 bits per heavy atom. The highest BCUT2D eigenvalue weighted by Crippen LogP contribution is 2.18. The van der Waals surface area contributed by atoms with E-state index in [1.165, 1.54) is 0 Å².